The van der Waals surface area contributed by atoms with Crippen LogP contribution in [0.4, 0.5) is 0 Å². The molecule has 0 fully saturated rings. The number of aromatic hydroxyl groups is 1. The minimum Gasteiger partial charge on any atom is -0.507 e. The van der Waals surface area contributed by atoms with Crippen molar-refractivity contribution >= 4 is 22.4 Å². The van der Waals surface area contributed by atoms with E-state index in [9.17, 15) is 13.5 Å². The van der Waals surface area contributed by atoms with E-state index in [0.29, 0.717) is 37.7 Å². The molecule has 2 rings (SSSR count). The van der Waals surface area contributed by atoms with Crippen molar-refractivity contribution in [3.8, 4) is 17.2 Å². The van der Waals surface area contributed by atoms with E-state index in [2.05, 4.69) is 5.32 Å². The van der Waals surface area contributed by atoms with Crippen LogP contribution in [0.1, 0.15) is 19.4 Å². The highest BCUT2D eigenvalue weighted by Gasteiger charge is 2.15. The van der Waals surface area contributed by atoms with Gasteiger partial charge in [0.25, 0.3) is 0 Å². The van der Waals surface area contributed by atoms with Crippen LogP contribution < -0.4 is 19.9 Å². The summed E-state index contributed by atoms with van der Waals surface area (Å²) in [5, 5.41) is 18.1. The monoisotopic (exact) mass is 430 g/mol. The van der Waals surface area contributed by atoms with E-state index in [4.69, 9.17) is 14.6 Å². The number of sulfonamides is 1. The summed E-state index contributed by atoms with van der Waals surface area (Å²) in [4.78, 5) is -0.261. The fraction of sp³-hybridized carbons (Fsp3) is 0.368. The number of phenolic OH excluding ortho intramolecular Hbond substituents is 1. The van der Waals surface area contributed by atoms with Crippen LogP contribution in [0.5, 0.6) is 17.2 Å². The number of rotatable bonds is 10. The second kappa shape index (κ2) is 11.1. The van der Waals surface area contributed by atoms with Gasteiger partial charge in [0.2, 0.25) is 10.0 Å². The zero-order chi connectivity index (χ0) is 19.9. The summed E-state index contributed by atoms with van der Waals surface area (Å²) in [5.41, 5.74) is 0.763. The highest BCUT2D eigenvalue weighted by molar-refractivity contribution is 7.89. The summed E-state index contributed by atoms with van der Waals surface area (Å²) in [5.74, 6) is 1.07. The van der Waals surface area contributed by atoms with Crippen molar-refractivity contribution in [1.82, 2.24) is 5.32 Å². The molecule has 0 aliphatic rings. The summed E-state index contributed by atoms with van der Waals surface area (Å²) >= 11 is 0. The lowest BCUT2D eigenvalue weighted by Crippen LogP contribution is -2.32. The Kier molecular flexibility index (Phi) is 9.54. The molecule has 0 radical (unpaired) electrons. The van der Waals surface area contributed by atoms with Gasteiger partial charge in [-0.3, -0.25) is 0 Å². The van der Waals surface area contributed by atoms with Crippen molar-refractivity contribution in [2.45, 2.75) is 31.2 Å². The maximum Gasteiger partial charge on any atom is 0.241 e. The van der Waals surface area contributed by atoms with E-state index in [-0.39, 0.29) is 29.1 Å². The Bertz CT molecular complexity index is 861. The first kappa shape index (κ1) is 24.0. The maximum atomic E-state index is 11.5. The second-order valence-electron chi connectivity index (χ2n) is 6.13. The van der Waals surface area contributed by atoms with E-state index < -0.39 is 10.0 Å². The van der Waals surface area contributed by atoms with Crippen LogP contribution in [0.3, 0.4) is 0 Å². The van der Waals surface area contributed by atoms with Crippen molar-refractivity contribution in [2.24, 2.45) is 5.14 Å². The van der Waals surface area contributed by atoms with Crippen LogP contribution in [0.25, 0.3) is 0 Å². The Morgan fingerprint density at radius 1 is 1.14 bits per heavy atom. The zero-order valence-electron chi connectivity index (χ0n) is 15.9. The predicted molar refractivity (Wildman–Crippen MR) is 111 cm³/mol. The van der Waals surface area contributed by atoms with E-state index >= 15 is 0 Å². The minimum absolute atomic E-state index is 0. The summed E-state index contributed by atoms with van der Waals surface area (Å²) < 4.78 is 34.2. The predicted octanol–water partition coefficient (Wildman–Crippen LogP) is 2.46. The number of phenols is 1. The van der Waals surface area contributed by atoms with Crippen molar-refractivity contribution in [3.63, 3.8) is 0 Å². The number of benzene rings is 2. The van der Waals surface area contributed by atoms with Crippen LogP contribution in [-0.4, -0.2) is 39.3 Å². The molecule has 9 heteroatoms. The number of hydrogen-bond acceptors (Lipinski definition) is 6. The molecule has 2 aromatic rings. The van der Waals surface area contributed by atoms with Gasteiger partial charge < -0.3 is 19.9 Å². The molecular formula is C19H27ClN2O5S. The first-order valence-corrected chi connectivity index (χ1v) is 10.3. The Balaban J connectivity index is 0.00000392. The van der Waals surface area contributed by atoms with Crippen molar-refractivity contribution in [2.75, 3.05) is 19.8 Å². The van der Waals surface area contributed by atoms with Gasteiger partial charge >= 0.3 is 0 Å². The third kappa shape index (κ3) is 7.20. The van der Waals surface area contributed by atoms with Gasteiger partial charge in [-0.1, -0.05) is 18.2 Å². The average Bonchev–Trinajstić information content (AvgIpc) is 2.61. The fourth-order valence-corrected chi connectivity index (χ4v) is 3.32. The number of nitrogens with one attached hydrogen (secondary N) is 1. The molecule has 0 spiro atoms. The van der Waals surface area contributed by atoms with Crippen LogP contribution >= 0.6 is 12.4 Å². The van der Waals surface area contributed by atoms with Crippen LogP contribution in [0, 0.1) is 0 Å². The number of primary sulfonamides is 1. The van der Waals surface area contributed by atoms with Crippen LogP contribution in [-0.2, 0) is 16.4 Å². The smallest absolute Gasteiger partial charge is 0.241 e. The molecule has 4 N–H and O–H groups in total. The quantitative estimate of drug-likeness (QED) is 0.499. The first-order chi connectivity index (χ1) is 12.8. The van der Waals surface area contributed by atoms with Crippen LogP contribution in [0.15, 0.2) is 47.4 Å². The van der Waals surface area contributed by atoms with Gasteiger partial charge in [0, 0.05) is 12.6 Å². The number of halogens is 1. The van der Waals surface area contributed by atoms with Gasteiger partial charge in [0.15, 0.2) is 11.5 Å². The molecule has 0 amide bonds. The minimum atomic E-state index is -3.95. The lowest BCUT2D eigenvalue weighted by Gasteiger charge is -2.16. The molecule has 0 saturated heterocycles. The third-order valence-electron chi connectivity index (χ3n) is 3.87. The van der Waals surface area contributed by atoms with Gasteiger partial charge in [-0.05, 0) is 50.1 Å². The molecule has 1 atom stereocenters. The average molecular weight is 431 g/mol. The molecule has 0 aromatic heterocycles. The van der Waals surface area contributed by atoms with Gasteiger partial charge in [-0.15, -0.1) is 12.4 Å². The first-order valence-electron chi connectivity index (χ1n) is 8.74. The van der Waals surface area contributed by atoms with Crippen molar-refractivity contribution < 1.29 is 23.0 Å². The number of ether oxygens (including phenoxy) is 2. The molecule has 0 saturated carbocycles. The van der Waals surface area contributed by atoms with E-state index in [1.165, 1.54) is 12.1 Å². The molecule has 7 nitrogen and oxygen atoms in total. The number of hydrogen-bond donors (Lipinski definition) is 3. The second-order valence-corrected chi connectivity index (χ2v) is 7.66. The van der Waals surface area contributed by atoms with E-state index in [1.54, 1.807) is 6.07 Å². The molecule has 156 valence electrons. The Labute approximate surface area is 172 Å². The Morgan fingerprint density at radius 2 is 1.79 bits per heavy atom. The molecule has 0 aliphatic carbocycles. The molecule has 0 aliphatic heterocycles. The molecule has 0 heterocycles. The normalized spacial score (nSPS) is 12.1. The summed E-state index contributed by atoms with van der Waals surface area (Å²) in [6.45, 7) is 5.55. The van der Waals surface area contributed by atoms with Gasteiger partial charge in [0.1, 0.15) is 17.3 Å². The van der Waals surface area contributed by atoms with Crippen LogP contribution in [0.2, 0.25) is 0 Å². The number of para-hydroxylation sites is 2. The Morgan fingerprint density at radius 3 is 2.39 bits per heavy atom. The molecule has 0 bridgehead atoms. The lowest BCUT2D eigenvalue weighted by atomic mass is 10.1. The largest absolute Gasteiger partial charge is 0.507 e. The van der Waals surface area contributed by atoms with E-state index in [1.807, 2.05) is 38.1 Å². The number of nitrogens with two attached hydrogens (primary N) is 1. The highest BCUT2D eigenvalue weighted by atomic mass is 35.5. The molecule has 28 heavy (non-hydrogen) atoms. The molecule has 2 aromatic carbocycles. The highest BCUT2D eigenvalue weighted by Crippen LogP contribution is 2.26. The lowest BCUT2D eigenvalue weighted by molar-refractivity contribution is 0.272. The van der Waals surface area contributed by atoms with Gasteiger partial charge in [-0.25, -0.2) is 13.6 Å². The van der Waals surface area contributed by atoms with Gasteiger partial charge in [-0.2, -0.15) is 0 Å². The summed E-state index contributed by atoms with van der Waals surface area (Å²) in [6.07, 6.45) is 0.582. The van der Waals surface area contributed by atoms with Gasteiger partial charge in [0.05, 0.1) is 6.61 Å². The molecular weight excluding hydrogens is 404 g/mol. The zero-order valence-corrected chi connectivity index (χ0v) is 17.6. The Hall–Kier alpha value is -2.00. The van der Waals surface area contributed by atoms with Crippen molar-refractivity contribution in [3.05, 3.63) is 48.0 Å². The third-order valence-corrected chi connectivity index (χ3v) is 4.81. The van der Waals surface area contributed by atoms with E-state index in [0.717, 1.165) is 5.56 Å². The van der Waals surface area contributed by atoms with Crippen molar-refractivity contribution in [1.29, 1.82) is 0 Å². The summed E-state index contributed by atoms with van der Waals surface area (Å²) in [6, 6.07) is 12.0. The standard InChI is InChI=1S/C19H26N2O5S.ClH/c1-3-25-17-6-4-5-7-18(17)26-11-10-21-14(2)12-15-8-9-16(22)19(13-15)27(20,23)24;/h4-9,13-14,21-22H,3,10-12H2,1-2H3,(H2,20,23,24);1H/t14-;/m1./s1. The summed E-state index contributed by atoms with van der Waals surface area (Å²) in [7, 11) is -3.95. The topological polar surface area (TPSA) is 111 Å². The maximum absolute atomic E-state index is 11.5. The SMILES string of the molecule is CCOc1ccccc1OCCN[C@H](C)Cc1ccc(O)c(S(N)(=O)=O)c1.Cl. The fourth-order valence-electron chi connectivity index (χ4n) is 2.65. The molecule has 0 unspecified atom stereocenters.